The molecule has 0 saturated carbocycles. The number of amides is 1. The Bertz CT molecular complexity index is 282. The van der Waals surface area contributed by atoms with Crippen LogP contribution in [0.1, 0.15) is 13.8 Å². The summed E-state index contributed by atoms with van der Waals surface area (Å²) in [5.74, 6) is 0.0239. The highest BCUT2D eigenvalue weighted by atomic mass is 16.1. The Balaban J connectivity index is 2.07. The molecule has 0 radical (unpaired) electrons. The second-order valence-corrected chi connectivity index (χ2v) is 3.65. The van der Waals surface area contributed by atoms with Crippen LogP contribution in [0.25, 0.3) is 0 Å². The van der Waals surface area contributed by atoms with Crippen LogP contribution < -0.4 is 10.6 Å². The average molecular weight is 210 g/mol. The summed E-state index contributed by atoms with van der Waals surface area (Å²) in [6.45, 7) is 5.71. The van der Waals surface area contributed by atoms with Gasteiger partial charge in [0.15, 0.2) is 0 Å². The third-order valence-electron chi connectivity index (χ3n) is 1.89. The minimum absolute atomic E-state index is 0.0239. The van der Waals surface area contributed by atoms with Crippen LogP contribution >= 0.6 is 0 Å². The highest BCUT2D eigenvalue weighted by molar-refractivity contribution is 5.77. The number of rotatable bonds is 6. The molecule has 1 aromatic heterocycles. The van der Waals surface area contributed by atoms with Gasteiger partial charge in [0.1, 0.15) is 0 Å². The lowest BCUT2D eigenvalue weighted by molar-refractivity contribution is -0.120. The second-order valence-electron chi connectivity index (χ2n) is 3.65. The molecular formula is C10H18N4O. The van der Waals surface area contributed by atoms with Crippen LogP contribution in [-0.2, 0) is 11.3 Å². The van der Waals surface area contributed by atoms with Crippen molar-refractivity contribution in [3.05, 3.63) is 18.5 Å². The molecule has 0 fully saturated rings. The fourth-order valence-corrected chi connectivity index (χ4v) is 1.10. The monoisotopic (exact) mass is 210 g/mol. The van der Waals surface area contributed by atoms with Crippen molar-refractivity contribution < 1.29 is 4.79 Å². The van der Waals surface area contributed by atoms with Crippen molar-refractivity contribution in [2.45, 2.75) is 26.4 Å². The molecule has 15 heavy (non-hydrogen) atoms. The summed E-state index contributed by atoms with van der Waals surface area (Å²) in [5.41, 5.74) is 0. The molecule has 5 heteroatoms. The van der Waals surface area contributed by atoms with E-state index in [0.717, 1.165) is 0 Å². The minimum atomic E-state index is 0.0239. The van der Waals surface area contributed by atoms with Gasteiger partial charge in [-0.3, -0.25) is 9.48 Å². The van der Waals surface area contributed by atoms with Crippen LogP contribution in [0.4, 0.5) is 0 Å². The number of carbonyl (C=O) groups is 1. The predicted molar refractivity (Wildman–Crippen MR) is 58.4 cm³/mol. The van der Waals surface area contributed by atoms with Gasteiger partial charge >= 0.3 is 0 Å². The number of hydrogen-bond donors (Lipinski definition) is 2. The summed E-state index contributed by atoms with van der Waals surface area (Å²) in [6.07, 6.45) is 3.60. The Morgan fingerprint density at radius 3 is 2.93 bits per heavy atom. The quantitative estimate of drug-likeness (QED) is 0.694. The number of nitrogens with zero attached hydrogens (tertiary/aromatic N) is 2. The number of carbonyl (C=O) groups excluding carboxylic acids is 1. The van der Waals surface area contributed by atoms with Crippen LogP contribution in [0.5, 0.6) is 0 Å². The van der Waals surface area contributed by atoms with E-state index >= 15 is 0 Å². The first-order valence-electron chi connectivity index (χ1n) is 5.16. The molecule has 5 nitrogen and oxygen atoms in total. The maximum atomic E-state index is 11.3. The van der Waals surface area contributed by atoms with E-state index in [1.807, 2.05) is 26.1 Å². The molecule has 0 aliphatic carbocycles. The number of nitrogens with one attached hydrogen (secondary N) is 2. The molecule has 1 rings (SSSR count). The molecule has 0 unspecified atom stereocenters. The third kappa shape index (κ3) is 5.17. The molecule has 1 heterocycles. The van der Waals surface area contributed by atoms with Crippen molar-refractivity contribution in [1.29, 1.82) is 0 Å². The Morgan fingerprint density at radius 2 is 2.33 bits per heavy atom. The molecular weight excluding hydrogens is 192 g/mol. The first-order valence-corrected chi connectivity index (χ1v) is 5.16. The Hall–Kier alpha value is -1.36. The van der Waals surface area contributed by atoms with Crippen LogP contribution in [0.15, 0.2) is 18.5 Å². The van der Waals surface area contributed by atoms with Gasteiger partial charge in [-0.1, -0.05) is 13.8 Å². The van der Waals surface area contributed by atoms with Gasteiger partial charge in [0.2, 0.25) is 5.91 Å². The van der Waals surface area contributed by atoms with Crippen molar-refractivity contribution >= 4 is 5.91 Å². The molecule has 1 aromatic rings. The lowest BCUT2D eigenvalue weighted by Crippen LogP contribution is -2.38. The molecule has 0 bridgehead atoms. The van der Waals surface area contributed by atoms with Gasteiger partial charge in [0.25, 0.3) is 0 Å². The minimum Gasteiger partial charge on any atom is -0.353 e. The largest absolute Gasteiger partial charge is 0.353 e. The summed E-state index contributed by atoms with van der Waals surface area (Å²) in [4.78, 5) is 11.3. The van der Waals surface area contributed by atoms with E-state index in [0.29, 0.717) is 25.7 Å². The first kappa shape index (κ1) is 11.7. The summed E-state index contributed by atoms with van der Waals surface area (Å²) in [6, 6.07) is 2.20. The smallest absolute Gasteiger partial charge is 0.234 e. The molecule has 0 atom stereocenters. The summed E-state index contributed by atoms with van der Waals surface area (Å²) in [5, 5.41) is 9.91. The maximum absolute atomic E-state index is 11.3. The van der Waals surface area contributed by atoms with Crippen molar-refractivity contribution in [1.82, 2.24) is 20.4 Å². The SMILES string of the molecule is CC(C)NCC(=O)NCCn1cccn1. The van der Waals surface area contributed by atoms with Crippen molar-refractivity contribution in [2.24, 2.45) is 0 Å². The van der Waals surface area contributed by atoms with Gasteiger partial charge in [-0.15, -0.1) is 0 Å². The van der Waals surface area contributed by atoms with Crippen LogP contribution in [-0.4, -0.2) is 34.8 Å². The summed E-state index contributed by atoms with van der Waals surface area (Å²) >= 11 is 0. The predicted octanol–water partition coefficient (Wildman–Crippen LogP) is -0.00270. The topological polar surface area (TPSA) is 59.0 Å². The van der Waals surface area contributed by atoms with Crippen LogP contribution in [0, 0.1) is 0 Å². The van der Waals surface area contributed by atoms with Gasteiger partial charge in [-0.05, 0) is 6.07 Å². The molecule has 84 valence electrons. The van der Waals surface area contributed by atoms with E-state index < -0.39 is 0 Å². The molecule has 0 aromatic carbocycles. The molecule has 2 N–H and O–H groups in total. The zero-order valence-electron chi connectivity index (χ0n) is 9.23. The van der Waals surface area contributed by atoms with Gasteiger partial charge in [-0.25, -0.2) is 0 Å². The average Bonchev–Trinajstić information content (AvgIpc) is 2.67. The summed E-state index contributed by atoms with van der Waals surface area (Å²) in [7, 11) is 0. The van der Waals surface area contributed by atoms with Crippen molar-refractivity contribution in [3.63, 3.8) is 0 Å². The molecule has 0 saturated heterocycles. The van der Waals surface area contributed by atoms with Gasteiger partial charge in [-0.2, -0.15) is 5.10 Å². The Labute approximate surface area is 89.9 Å². The molecule has 1 amide bonds. The standard InChI is InChI=1S/C10H18N4O/c1-9(2)12-8-10(15)11-5-7-14-6-3-4-13-14/h3-4,6,9,12H,5,7-8H2,1-2H3,(H,11,15). The van der Waals surface area contributed by atoms with E-state index in [4.69, 9.17) is 0 Å². The lowest BCUT2D eigenvalue weighted by Gasteiger charge is -2.08. The first-order chi connectivity index (χ1) is 7.18. The van der Waals surface area contributed by atoms with Gasteiger partial charge in [0.05, 0.1) is 13.1 Å². The second kappa shape index (κ2) is 6.19. The zero-order valence-corrected chi connectivity index (χ0v) is 9.23. The third-order valence-corrected chi connectivity index (χ3v) is 1.89. The van der Waals surface area contributed by atoms with Crippen molar-refractivity contribution in [2.75, 3.05) is 13.1 Å². The summed E-state index contributed by atoms with van der Waals surface area (Å²) < 4.78 is 1.79. The van der Waals surface area contributed by atoms with Crippen LogP contribution in [0.3, 0.4) is 0 Å². The maximum Gasteiger partial charge on any atom is 0.234 e. The van der Waals surface area contributed by atoms with E-state index in [2.05, 4.69) is 15.7 Å². The van der Waals surface area contributed by atoms with Crippen LogP contribution in [0.2, 0.25) is 0 Å². The normalized spacial score (nSPS) is 10.6. The fourth-order valence-electron chi connectivity index (χ4n) is 1.10. The van der Waals surface area contributed by atoms with Gasteiger partial charge < -0.3 is 10.6 Å². The lowest BCUT2D eigenvalue weighted by atomic mass is 10.4. The van der Waals surface area contributed by atoms with E-state index in [-0.39, 0.29) is 5.91 Å². The molecule has 0 aliphatic rings. The highest BCUT2D eigenvalue weighted by Crippen LogP contribution is 1.82. The van der Waals surface area contributed by atoms with E-state index in [1.165, 1.54) is 0 Å². The van der Waals surface area contributed by atoms with Crippen molar-refractivity contribution in [3.8, 4) is 0 Å². The zero-order chi connectivity index (χ0) is 11.1. The van der Waals surface area contributed by atoms with E-state index in [9.17, 15) is 4.79 Å². The Kier molecular flexibility index (Phi) is 4.83. The Morgan fingerprint density at radius 1 is 1.53 bits per heavy atom. The molecule has 0 spiro atoms. The fraction of sp³-hybridized carbons (Fsp3) is 0.600. The number of hydrogen-bond acceptors (Lipinski definition) is 3. The van der Waals surface area contributed by atoms with E-state index in [1.54, 1.807) is 10.9 Å². The highest BCUT2D eigenvalue weighted by Gasteiger charge is 2.00. The van der Waals surface area contributed by atoms with Gasteiger partial charge in [0, 0.05) is 25.0 Å². The number of aromatic nitrogens is 2. The molecule has 0 aliphatic heterocycles.